The fourth-order valence-corrected chi connectivity index (χ4v) is 4.48. The molecule has 2 aromatic heterocycles. The van der Waals surface area contributed by atoms with Crippen LogP contribution in [0.15, 0.2) is 27.5 Å². The predicted molar refractivity (Wildman–Crippen MR) is 94.9 cm³/mol. The molecule has 3 aromatic rings. The van der Waals surface area contributed by atoms with Crippen LogP contribution >= 0.6 is 0 Å². The molecule has 0 bridgehead atoms. The number of aryl methyl sites for hydroxylation is 2. The number of hydrogen-bond donors (Lipinski definition) is 1. The Morgan fingerprint density at radius 2 is 1.81 bits per heavy atom. The lowest BCUT2D eigenvalue weighted by Crippen LogP contribution is -2.15. The van der Waals surface area contributed by atoms with Crippen molar-refractivity contribution in [1.82, 2.24) is 14.8 Å². The Bertz CT molecular complexity index is 1100. The molecule has 138 valence electrons. The van der Waals surface area contributed by atoms with Crippen molar-refractivity contribution in [2.45, 2.75) is 32.6 Å². The Labute approximate surface area is 150 Å². The molecular weight excluding hydrogens is 359 g/mol. The zero-order valence-electron chi connectivity index (χ0n) is 15.1. The standard InChI is InChI=1S/C17H19FN4O3S/c1-9-8-13(18)6-7-14(9)21-26(23,24)16-11(3)22(5)10(2)15(16)17-20-19-12(4)25-17/h6-8,21H,1-5H3. The molecule has 0 radical (unpaired) electrons. The van der Waals surface area contributed by atoms with Gasteiger partial charge in [0.1, 0.15) is 10.7 Å². The third kappa shape index (κ3) is 2.98. The molecule has 3 rings (SSSR count). The highest BCUT2D eigenvalue weighted by Crippen LogP contribution is 2.35. The molecule has 1 N–H and O–H groups in total. The van der Waals surface area contributed by atoms with Crippen molar-refractivity contribution in [2.24, 2.45) is 7.05 Å². The number of hydrogen-bond acceptors (Lipinski definition) is 5. The SMILES string of the molecule is Cc1nnc(-c2c(S(=O)(=O)Nc3ccc(F)cc3C)c(C)n(C)c2C)o1. The van der Waals surface area contributed by atoms with Crippen molar-refractivity contribution in [3.63, 3.8) is 0 Å². The van der Waals surface area contributed by atoms with Crippen LogP contribution < -0.4 is 4.72 Å². The maximum absolute atomic E-state index is 13.3. The van der Waals surface area contributed by atoms with E-state index < -0.39 is 15.8 Å². The van der Waals surface area contributed by atoms with Gasteiger partial charge in [-0.3, -0.25) is 4.72 Å². The molecule has 1 aromatic carbocycles. The molecule has 0 fully saturated rings. The van der Waals surface area contributed by atoms with Gasteiger partial charge in [0.25, 0.3) is 15.9 Å². The molecule has 0 aliphatic heterocycles. The summed E-state index contributed by atoms with van der Waals surface area (Å²) < 4.78 is 49.3. The van der Waals surface area contributed by atoms with Crippen molar-refractivity contribution >= 4 is 15.7 Å². The van der Waals surface area contributed by atoms with Crippen molar-refractivity contribution in [3.8, 4) is 11.5 Å². The second-order valence-electron chi connectivity index (χ2n) is 6.12. The van der Waals surface area contributed by atoms with Gasteiger partial charge in [0.05, 0.1) is 11.3 Å². The van der Waals surface area contributed by atoms with E-state index in [1.54, 1.807) is 39.3 Å². The van der Waals surface area contributed by atoms with Crippen molar-refractivity contribution in [1.29, 1.82) is 0 Å². The van der Waals surface area contributed by atoms with E-state index in [1.165, 1.54) is 18.2 Å². The molecule has 0 saturated heterocycles. The Morgan fingerprint density at radius 3 is 2.38 bits per heavy atom. The van der Waals surface area contributed by atoms with Gasteiger partial charge in [0, 0.05) is 25.4 Å². The molecule has 0 unspecified atom stereocenters. The first-order chi connectivity index (χ1) is 12.1. The largest absolute Gasteiger partial charge is 0.421 e. The van der Waals surface area contributed by atoms with E-state index in [0.717, 1.165) is 0 Å². The number of aromatic nitrogens is 3. The van der Waals surface area contributed by atoms with E-state index in [4.69, 9.17) is 4.42 Å². The van der Waals surface area contributed by atoms with Crippen LogP contribution in [0.4, 0.5) is 10.1 Å². The normalized spacial score (nSPS) is 11.8. The van der Waals surface area contributed by atoms with Gasteiger partial charge in [0.2, 0.25) is 5.89 Å². The average Bonchev–Trinajstić information content (AvgIpc) is 3.07. The zero-order valence-corrected chi connectivity index (χ0v) is 15.9. The lowest BCUT2D eigenvalue weighted by Gasteiger charge is -2.11. The number of halogens is 1. The topological polar surface area (TPSA) is 90.0 Å². The van der Waals surface area contributed by atoms with Gasteiger partial charge in [-0.1, -0.05) is 0 Å². The third-order valence-corrected chi connectivity index (χ3v) is 5.89. The van der Waals surface area contributed by atoms with Crippen LogP contribution in [0.1, 0.15) is 22.8 Å². The minimum atomic E-state index is -3.97. The van der Waals surface area contributed by atoms with Gasteiger partial charge < -0.3 is 8.98 Å². The summed E-state index contributed by atoms with van der Waals surface area (Å²) in [5.74, 6) is 0.0469. The van der Waals surface area contributed by atoms with E-state index in [1.807, 2.05) is 0 Å². The number of nitrogens with one attached hydrogen (secondary N) is 1. The molecule has 0 amide bonds. The number of rotatable bonds is 4. The molecule has 0 aliphatic rings. The summed E-state index contributed by atoms with van der Waals surface area (Å²) in [5, 5.41) is 7.76. The predicted octanol–water partition coefficient (Wildman–Crippen LogP) is 3.25. The fraction of sp³-hybridized carbons (Fsp3) is 0.294. The lowest BCUT2D eigenvalue weighted by atomic mass is 10.2. The van der Waals surface area contributed by atoms with Crippen molar-refractivity contribution in [2.75, 3.05) is 4.72 Å². The Morgan fingerprint density at radius 1 is 1.12 bits per heavy atom. The minimum absolute atomic E-state index is 0.0601. The highest BCUT2D eigenvalue weighted by molar-refractivity contribution is 7.93. The smallest absolute Gasteiger partial charge is 0.264 e. The summed E-state index contributed by atoms with van der Waals surface area (Å²) in [4.78, 5) is 0.0601. The highest BCUT2D eigenvalue weighted by atomic mass is 32.2. The Kier molecular flexibility index (Phi) is 4.35. The van der Waals surface area contributed by atoms with Crippen LogP contribution in [0.25, 0.3) is 11.5 Å². The van der Waals surface area contributed by atoms with Crippen molar-refractivity contribution in [3.05, 3.63) is 46.9 Å². The summed E-state index contributed by atoms with van der Waals surface area (Å²) in [7, 11) is -2.21. The average molecular weight is 378 g/mol. The van der Waals surface area contributed by atoms with Gasteiger partial charge >= 0.3 is 0 Å². The molecule has 0 saturated carbocycles. The van der Waals surface area contributed by atoms with Crippen LogP contribution in [0.2, 0.25) is 0 Å². The van der Waals surface area contributed by atoms with Gasteiger partial charge in [-0.15, -0.1) is 10.2 Å². The highest BCUT2D eigenvalue weighted by Gasteiger charge is 2.30. The first-order valence-corrected chi connectivity index (χ1v) is 9.35. The summed E-state index contributed by atoms with van der Waals surface area (Å²) in [5.41, 5.74) is 2.36. The van der Waals surface area contributed by atoms with Gasteiger partial charge in [-0.25, -0.2) is 12.8 Å². The quantitative estimate of drug-likeness (QED) is 0.753. The summed E-state index contributed by atoms with van der Waals surface area (Å²) in [6.45, 7) is 6.75. The zero-order chi connectivity index (χ0) is 19.2. The monoisotopic (exact) mass is 378 g/mol. The first-order valence-electron chi connectivity index (χ1n) is 7.87. The number of anilines is 1. The third-order valence-electron chi connectivity index (χ3n) is 4.37. The first kappa shape index (κ1) is 18.1. The number of nitrogens with zero attached hydrogens (tertiary/aromatic N) is 3. The summed E-state index contributed by atoms with van der Waals surface area (Å²) >= 11 is 0. The molecule has 0 atom stereocenters. The Balaban J connectivity index is 2.17. The van der Waals surface area contributed by atoms with Crippen LogP contribution in [0, 0.1) is 33.5 Å². The van der Waals surface area contributed by atoms with E-state index in [-0.39, 0.29) is 10.8 Å². The van der Waals surface area contributed by atoms with Gasteiger partial charge in [-0.2, -0.15) is 0 Å². The van der Waals surface area contributed by atoms with E-state index in [0.29, 0.717) is 34.1 Å². The maximum atomic E-state index is 13.3. The Hall–Kier alpha value is -2.68. The number of benzene rings is 1. The molecule has 2 heterocycles. The summed E-state index contributed by atoms with van der Waals surface area (Å²) in [6.07, 6.45) is 0. The van der Waals surface area contributed by atoms with E-state index in [9.17, 15) is 12.8 Å². The molecule has 26 heavy (non-hydrogen) atoms. The van der Waals surface area contributed by atoms with Gasteiger partial charge in [-0.05, 0) is 44.5 Å². The van der Waals surface area contributed by atoms with Crippen LogP contribution in [0.3, 0.4) is 0 Å². The molecule has 9 heteroatoms. The van der Waals surface area contributed by atoms with E-state index >= 15 is 0 Å². The molecule has 0 spiro atoms. The fourth-order valence-electron chi connectivity index (χ4n) is 2.83. The number of sulfonamides is 1. The lowest BCUT2D eigenvalue weighted by molar-refractivity contribution is 0.530. The minimum Gasteiger partial charge on any atom is -0.421 e. The van der Waals surface area contributed by atoms with Gasteiger partial charge in [0.15, 0.2) is 0 Å². The molecular formula is C17H19FN4O3S. The van der Waals surface area contributed by atoms with Crippen LogP contribution in [0.5, 0.6) is 0 Å². The van der Waals surface area contributed by atoms with Crippen molar-refractivity contribution < 1.29 is 17.2 Å². The molecule has 7 nitrogen and oxygen atoms in total. The molecule has 0 aliphatic carbocycles. The van der Waals surface area contributed by atoms with Crippen LogP contribution in [-0.2, 0) is 17.1 Å². The van der Waals surface area contributed by atoms with E-state index in [2.05, 4.69) is 14.9 Å². The summed E-state index contributed by atoms with van der Waals surface area (Å²) in [6, 6.07) is 3.86. The van der Waals surface area contributed by atoms with Crippen LogP contribution in [-0.4, -0.2) is 23.2 Å². The second kappa shape index (κ2) is 6.24. The second-order valence-corrected chi connectivity index (χ2v) is 7.74. The maximum Gasteiger partial charge on any atom is 0.264 e.